The quantitative estimate of drug-likeness (QED) is 0.374. The third kappa shape index (κ3) is 11.3. The maximum Gasteiger partial charge on any atom is 0.419 e. The van der Waals surface area contributed by atoms with Gasteiger partial charge < -0.3 is 19.1 Å². The molecule has 9 nitrogen and oxygen atoms in total. The standard InChI is InChI=1S/C25H41N3O6/c1-23(2,3)13-15-27-16-19(26-17-27)18(20(29)30)12-10-11-14-28(21(31)33-24(4,5)6)22(32)34-25(7,8)9/h12,16-17H,10-11,13-15H2,1-9H3,(H,29,30)/b18-12-. The number of aliphatic carboxylic acids is 1. The van der Waals surface area contributed by atoms with Gasteiger partial charge in [-0.05, 0) is 66.2 Å². The Kier molecular flexibility index (Phi) is 9.90. The van der Waals surface area contributed by atoms with Crippen LogP contribution in [0.4, 0.5) is 9.59 Å². The summed E-state index contributed by atoms with van der Waals surface area (Å²) in [5.41, 5.74) is -0.948. The highest BCUT2D eigenvalue weighted by molar-refractivity contribution is 6.14. The van der Waals surface area contributed by atoms with E-state index in [1.807, 2.05) is 4.57 Å². The topological polar surface area (TPSA) is 111 Å². The molecule has 9 heteroatoms. The molecule has 1 heterocycles. The number of nitrogens with zero attached hydrogens (tertiary/aromatic N) is 3. The average molecular weight is 480 g/mol. The molecule has 1 aromatic rings. The zero-order valence-electron chi connectivity index (χ0n) is 22.1. The van der Waals surface area contributed by atoms with E-state index in [-0.39, 0.29) is 17.5 Å². The lowest BCUT2D eigenvalue weighted by Crippen LogP contribution is -2.44. The summed E-state index contributed by atoms with van der Waals surface area (Å²) in [5.74, 6) is -1.09. The summed E-state index contributed by atoms with van der Waals surface area (Å²) in [6, 6.07) is 0. The summed E-state index contributed by atoms with van der Waals surface area (Å²) in [5, 5.41) is 9.66. The third-order valence-electron chi connectivity index (χ3n) is 4.42. The van der Waals surface area contributed by atoms with Crippen LogP contribution < -0.4 is 0 Å². The number of imidazole rings is 1. The smallest absolute Gasteiger partial charge is 0.419 e. The van der Waals surface area contributed by atoms with E-state index < -0.39 is 29.4 Å². The molecule has 0 aliphatic rings. The lowest BCUT2D eigenvalue weighted by Gasteiger charge is -2.28. The average Bonchev–Trinajstić information content (AvgIpc) is 3.07. The lowest BCUT2D eigenvalue weighted by atomic mass is 9.92. The van der Waals surface area contributed by atoms with Gasteiger partial charge in [0, 0.05) is 19.3 Å². The van der Waals surface area contributed by atoms with E-state index in [9.17, 15) is 19.5 Å². The monoisotopic (exact) mass is 479 g/mol. The van der Waals surface area contributed by atoms with Crippen LogP contribution in [0.2, 0.25) is 0 Å². The van der Waals surface area contributed by atoms with Crippen molar-refractivity contribution >= 4 is 23.7 Å². The molecule has 1 aromatic heterocycles. The van der Waals surface area contributed by atoms with Crippen LogP contribution in [0, 0.1) is 5.41 Å². The van der Waals surface area contributed by atoms with Gasteiger partial charge in [-0.1, -0.05) is 26.8 Å². The van der Waals surface area contributed by atoms with Gasteiger partial charge >= 0.3 is 18.2 Å². The number of ether oxygens (including phenoxy) is 2. The highest BCUT2D eigenvalue weighted by atomic mass is 16.6. The largest absolute Gasteiger partial charge is 0.478 e. The highest BCUT2D eigenvalue weighted by Gasteiger charge is 2.30. The zero-order valence-corrected chi connectivity index (χ0v) is 22.1. The summed E-state index contributed by atoms with van der Waals surface area (Å²) in [6.45, 7) is 17.4. The number of carbonyl (C=O) groups is 3. The Bertz CT molecular complexity index is 854. The van der Waals surface area contributed by atoms with Crippen LogP contribution in [0.5, 0.6) is 0 Å². The predicted molar refractivity (Wildman–Crippen MR) is 130 cm³/mol. The van der Waals surface area contributed by atoms with Crippen LogP contribution in [0.3, 0.4) is 0 Å². The number of allylic oxidation sites excluding steroid dienone is 1. The molecule has 1 N–H and O–H groups in total. The molecule has 0 saturated heterocycles. The fraction of sp³-hybridized carbons (Fsp3) is 0.680. The van der Waals surface area contributed by atoms with Crippen LogP contribution in [0.25, 0.3) is 5.57 Å². The van der Waals surface area contributed by atoms with Gasteiger partial charge in [0.15, 0.2) is 0 Å². The van der Waals surface area contributed by atoms with Gasteiger partial charge in [-0.3, -0.25) is 0 Å². The van der Waals surface area contributed by atoms with E-state index >= 15 is 0 Å². The van der Waals surface area contributed by atoms with E-state index in [1.165, 1.54) is 0 Å². The Balaban J connectivity index is 2.89. The molecule has 1 rings (SSSR count). The molecule has 0 radical (unpaired) electrons. The van der Waals surface area contributed by atoms with Crippen LogP contribution in [-0.4, -0.2) is 55.5 Å². The van der Waals surface area contributed by atoms with E-state index in [2.05, 4.69) is 25.8 Å². The third-order valence-corrected chi connectivity index (χ3v) is 4.42. The number of imide groups is 1. The number of aryl methyl sites for hydroxylation is 1. The van der Waals surface area contributed by atoms with Crippen molar-refractivity contribution in [1.82, 2.24) is 14.5 Å². The van der Waals surface area contributed by atoms with E-state index in [1.54, 1.807) is 60.1 Å². The maximum atomic E-state index is 12.6. The first kappa shape index (κ1) is 29.2. The Hall–Kier alpha value is -2.84. The normalized spacial score (nSPS) is 12.9. The van der Waals surface area contributed by atoms with Gasteiger partial charge in [0.2, 0.25) is 0 Å². The van der Waals surface area contributed by atoms with Crippen molar-refractivity contribution < 1.29 is 29.0 Å². The molecule has 0 spiro atoms. The molecule has 0 fully saturated rings. The fourth-order valence-corrected chi connectivity index (χ4v) is 2.77. The minimum absolute atomic E-state index is 0.0211. The molecule has 2 amide bonds. The van der Waals surface area contributed by atoms with Gasteiger partial charge in [-0.2, -0.15) is 0 Å². The zero-order chi connectivity index (χ0) is 26.3. The van der Waals surface area contributed by atoms with Gasteiger partial charge in [0.1, 0.15) is 11.2 Å². The van der Waals surface area contributed by atoms with Crippen molar-refractivity contribution in [2.75, 3.05) is 6.54 Å². The molecule has 0 aliphatic carbocycles. The Labute approximate surface area is 203 Å². The number of carboxylic acids is 1. The lowest BCUT2D eigenvalue weighted by molar-refractivity contribution is -0.130. The summed E-state index contributed by atoms with van der Waals surface area (Å²) >= 11 is 0. The molecular formula is C25H41N3O6. The van der Waals surface area contributed by atoms with Crippen LogP contribution in [0.15, 0.2) is 18.6 Å². The molecule has 192 valence electrons. The SMILES string of the molecule is CC(C)(C)CCn1cnc(/C(=C/CCCN(C(=O)OC(C)(C)C)C(=O)OC(C)(C)C)C(=O)O)c1. The molecule has 0 saturated carbocycles. The summed E-state index contributed by atoms with van der Waals surface area (Å²) in [4.78, 5) is 42.1. The van der Waals surface area contributed by atoms with Crippen molar-refractivity contribution in [3.8, 4) is 0 Å². The second kappa shape index (κ2) is 11.5. The molecule has 0 unspecified atom stereocenters. The second-order valence-corrected chi connectivity index (χ2v) is 11.5. The van der Waals surface area contributed by atoms with Crippen molar-refractivity contribution in [2.45, 2.75) is 99.3 Å². The number of unbranched alkanes of at least 4 members (excludes halogenated alkanes) is 1. The number of hydrogen-bond donors (Lipinski definition) is 1. The van der Waals surface area contributed by atoms with Gasteiger partial charge in [-0.25, -0.2) is 24.3 Å². The fourth-order valence-electron chi connectivity index (χ4n) is 2.77. The highest BCUT2D eigenvalue weighted by Crippen LogP contribution is 2.21. The summed E-state index contributed by atoms with van der Waals surface area (Å²) in [6.07, 6.45) is 4.88. The molecule has 0 aliphatic heterocycles. The maximum absolute atomic E-state index is 12.6. The predicted octanol–water partition coefficient (Wildman–Crippen LogP) is 5.74. The summed E-state index contributed by atoms with van der Waals surface area (Å²) < 4.78 is 12.5. The first-order valence-corrected chi connectivity index (χ1v) is 11.6. The first-order chi connectivity index (χ1) is 15.4. The number of carbonyl (C=O) groups excluding carboxylic acids is 2. The van der Waals surface area contributed by atoms with Crippen molar-refractivity contribution in [3.63, 3.8) is 0 Å². The summed E-state index contributed by atoms with van der Waals surface area (Å²) in [7, 11) is 0. The number of carboxylic acid groups (broad SMARTS) is 1. The van der Waals surface area contributed by atoms with Crippen molar-refractivity contribution in [2.24, 2.45) is 5.41 Å². The van der Waals surface area contributed by atoms with Crippen LogP contribution >= 0.6 is 0 Å². The minimum Gasteiger partial charge on any atom is -0.478 e. The number of aromatic nitrogens is 2. The molecule has 0 aromatic carbocycles. The van der Waals surface area contributed by atoms with E-state index in [4.69, 9.17) is 9.47 Å². The molecular weight excluding hydrogens is 438 g/mol. The van der Waals surface area contributed by atoms with Crippen molar-refractivity contribution in [3.05, 3.63) is 24.3 Å². The van der Waals surface area contributed by atoms with E-state index in [0.717, 1.165) is 17.9 Å². The Morgan fingerprint density at radius 3 is 1.97 bits per heavy atom. The first-order valence-electron chi connectivity index (χ1n) is 11.6. The Morgan fingerprint density at radius 1 is 1.00 bits per heavy atom. The van der Waals surface area contributed by atoms with Gasteiger partial charge in [0.05, 0.1) is 17.6 Å². The Morgan fingerprint density at radius 2 is 1.53 bits per heavy atom. The van der Waals surface area contributed by atoms with Gasteiger partial charge in [0.25, 0.3) is 0 Å². The second-order valence-electron chi connectivity index (χ2n) is 11.5. The molecule has 0 atom stereocenters. The van der Waals surface area contributed by atoms with Crippen molar-refractivity contribution in [1.29, 1.82) is 0 Å². The van der Waals surface area contributed by atoms with Crippen LogP contribution in [-0.2, 0) is 20.8 Å². The van der Waals surface area contributed by atoms with Gasteiger partial charge in [-0.15, -0.1) is 0 Å². The van der Waals surface area contributed by atoms with E-state index in [0.29, 0.717) is 18.5 Å². The molecule has 0 bridgehead atoms. The molecule has 34 heavy (non-hydrogen) atoms. The number of rotatable bonds is 8. The number of hydrogen-bond acceptors (Lipinski definition) is 6. The van der Waals surface area contributed by atoms with Crippen LogP contribution in [0.1, 0.15) is 87.3 Å². The number of amides is 2. The minimum atomic E-state index is -1.09.